The molecule has 4 heteroatoms. The minimum Gasteiger partial charge on any atom is -0.494 e. The molecule has 1 aromatic carbocycles. The fourth-order valence-electron chi connectivity index (χ4n) is 2.19. The molecular formula is C15H26N2O2. The summed E-state index contributed by atoms with van der Waals surface area (Å²) in [6.45, 7) is 5.42. The van der Waals surface area contributed by atoms with E-state index >= 15 is 0 Å². The molecule has 0 aromatic heterocycles. The highest BCUT2D eigenvalue weighted by atomic mass is 16.5. The Kier molecular flexibility index (Phi) is 7.48. The number of aliphatic hydroxyl groups is 1. The first-order chi connectivity index (χ1) is 9.26. The largest absolute Gasteiger partial charge is 0.494 e. The number of rotatable bonds is 9. The van der Waals surface area contributed by atoms with Gasteiger partial charge in [-0.15, -0.1) is 0 Å². The Bertz CT molecular complexity index is 358. The minimum atomic E-state index is 0.0549. The monoisotopic (exact) mass is 266 g/mol. The van der Waals surface area contributed by atoms with Crippen molar-refractivity contribution >= 4 is 0 Å². The molecular weight excluding hydrogens is 240 g/mol. The van der Waals surface area contributed by atoms with Crippen LogP contribution in [0.4, 0.5) is 0 Å². The van der Waals surface area contributed by atoms with Crippen molar-refractivity contribution < 1.29 is 9.84 Å². The summed E-state index contributed by atoms with van der Waals surface area (Å²) < 4.78 is 5.65. The third kappa shape index (κ3) is 4.82. The maximum atomic E-state index is 9.07. The molecule has 2 atom stereocenters. The average molecular weight is 266 g/mol. The van der Waals surface area contributed by atoms with E-state index < -0.39 is 0 Å². The second-order valence-electron chi connectivity index (χ2n) is 4.54. The molecule has 0 saturated carbocycles. The molecule has 4 nitrogen and oxygen atoms in total. The summed E-state index contributed by atoms with van der Waals surface area (Å²) in [5.74, 6) is 0.881. The average Bonchev–Trinajstić information content (AvgIpc) is 2.45. The number of hydrogen-bond donors (Lipinski definition) is 3. The van der Waals surface area contributed by atoms with Crippen LogP contribution in [0.3, 0.4) is 0 Å². The number of ether oxygens (including phenoxy) is 1. The van der Waals surface area contributed by atoms with Crippen LogP contribution in [0.5, 0.6) is 5.75 Å². The number of nitrogens with two attached hydrogens (primary N) is 1. The molecule has 0 aliphatic heterocycles. The Labute approximate surface area is 116 Å². The van der Waals surface area contributed by atoms with Gasteiger partial charge in [0.25, 0.3) is 0 Å². The molecule has 0 radical (unpaired) electrons. The first kappa shape index (κ1) is 16.0. The molecule has 108 valence electrons. The highest BCUT2D eigenvalue weighted by molar-refractivity contribution is 5.36. The topological polar surface area (TPSA) is 67.5 Å². The zero-order valence-electron chi connectivity index (χ0n) is 11.9. The van der Waals surface area contributed by atoms with Crippen molar-refractivity contribution in [3.63, 3.8) is 0 Å². The van der Waals surface area contributed by atoms with Crippen molar-refractivity contribution in [1.82, 2.24) is 5.32 Å². The highest BCUT2D eigenvalue weighted by Gasteiger charge is 2.17. The standard InChI is InChI=1S/C15H26N2O2/c1-3-12(9-10-18)17-14(11-16)13-7-5-6-8-15(13)19-4-2/h5-8,12,14,17-18H,3-4,9-11,16H2,1-2H3. The van der Waals surface area contributed by atoms with Gasteiger partial charge in [-0.25, -0.2) is 0 Å². The number of hydrogen-bond acceptors (Lipinski definition) is 4. The third-order valence-corrected chi connectivity index (χ3v) is 3.24. The van der Waals surface area contributed by atoms with Crippen molar-refractivity contribution in [2.45, 2.75) is 38.8 Å². The number of nitrogens with one attached hydrogen (secondary N) is 1. The van der Waals surface area contributed by atoms with Crippen molar-refractivity contribution in [3.05, 3.63) is 29.8 Å². The van der Waals surface area contributed by atoms with Crippen LogP contribution in [-0.4, -0.2) is 30.9 Å². The van der Waals surface area contributed by atoms with E-state index in [0.717, 1.165) is 24.2 Å². The van der Waals surface area contributed by atoms with Gasteiger partial charge >= 0.3 is 0 Å². The minimum absolute atomic E-state index is 0.0549. The summed E-state index contributed by atoms with van der Waals surface area (Å²) >= 11 is 0. The van der Waals surface area contributed by atoms with Crippen molar-refractivity contribution in [3.8, 4) is 5.75 Å². The van der Waals surface area contributed by atoms with Crippen molar-refractivity contribution in [2.75, 3.05) is 19.8 Å². The zero-order chi connectivity index (χ0) is 14.1. The molecule has 0 amide bonds. The van der Waals surface area contributed by atoms with Gasteiger partial charge in [-0.2, -0.15) is 0 Å². The predicted octanol–water partition coefficient (Wildman–Crippen LogP) is 1.84. The van der Waals surface area contributed by atoms with Crippen LogP contribution in [0.15, 0.2) is 24.3 Å². The predicted molar refractivity (Wildman–Crippen MR) is 78.3 cm³/mol. The van der Waals surface area contributed by atoms with Gasteiger partial charge in [0.15, 0.2) is 0 Å². The molecule has 1 aromatic rings. The van der Waals surface area contributed by atoms with E-state index in [1.807, 2.05) is 31.2 Å². The Hall–Kier alpha value is -1.10. The van der Waals surface area contributed by atoms with Crippen LogP contribution >= 0.6 is 0 Å². The number of para-hydroxylation sites is 1. The quantitative estimate of drug-likeness (QED) is 0.638. The number of benzene rings is 1. The van der Waals surface area contributed by atoms with E-state index in [1.54, 1.807) is 0 Å². The zero-order valence-corrected chi connectivity index (χ0v) is 11.9. The van der Waals surface area contributed by atoms with Gasteiger partial charge in [-0.05, 0) is 25.8 Å². The summed E-state index contributed by atoms with van der Waals surface area (Å²) in [6.07, 6.45) is 1.71. The maximum absolute atomic E-state index is 9.07. The Morgan fingerprint density at radius 2 is 2.05 bits per heavy atom. The summed E-state index contributed by atoms with van der Waals surface area (Å²) in [7, 11) is 0. The third-order valence-electron chi connectivity index (χ3n) is 3.24. The van der Waals surface area contributed by atoms with Crippen LogP contribution in [0, 0.1) is 0 Å². The van der Waals surface area contributed by atoms with Gasteiger partial charge < -0.3 is 20.9 Å². The van der Waals surface area contributed by atoms with Crippen LogP contribution in [-0.2, 0) is 0 Å². The molecule has 0 saturated heterocycles. The van der Waals surface area contributed by atoms with Gasteiger partial charge in [0.2, 0.25) is 0 Å². The molecule has 0 bridgehead atoms. The number of aliphatic hydroxyl groups excluding tert-OH is 1. The van der Waals surface area contributed by atoms with Crippen LogP contribution < -0.4 is 15.8 Å². The fourth-order valence-corrected chi connectivity index (χ4v) is 2.19. The first-order valence-electron chi connectivity index (χ1n) is 7.05. The van der Waals surface area contributed by atoms with Crippen molar-refractivity contribution in [1.29, 1.82) is 0 Å². The van der Waals surface area contributed by atoms with E-state index in [9.17, 15) is 0 Å². The second-order valence-corrected chi connectivity index (χ2v) is 4.54. The molecule has 19 heavy (non-hydrogen) atoms. The lowest BCUT2D eigenvalue weighted by Crippen LogP contribution is -2.37. The Balaban J connectivity index is 2.83. The summed E-state index contributed by atoms with van der Waals surface area (Å²) in [5.41, 5.74) is 6.97. The smallest absolute Gasteiger partial charge is 0.124 e. The summed E-state index contributed by atoms with van der Waals surface area (Å²) in [4.78, 5) is 0. The van der Waals surface area contributed by atoms with Gasteiger partial charge in [0.05, 0.1) is 6.61 Å². The van der Waals surface area contributed by atoms with Gasteiger partial charge in [-0.3, -0.25) is 0 Å². The van der Waals surface area contributed by atoms with Crippen molar-refractivity contribution in [2.24, 2.45) is 5.73 Å². The Morgan fingerprint density at radius 3 is 2.63 bits per heavy atom. The molecule has 0 aliphatic carbocycles. The summed E-state index contributed by atoms with van der Waals surface area (Å²) in [6, 6.07) is 8.30. The normalized spacial score (nSPS) is 14.1. The molecule has 4 N–H and O–H groups in total. The van der Waals surface area contributed by atoms with E-state index in [1.165, 1.54) is 0 Å². The van der Waals surface area contributed by atoms with Gasteiger partial charge in [0.1, 0.15) is 5.75 Å². The Morgan fingerprint density at radius 1 is 1.32 bits per heavy atom. The summed E-state index contributed by atoms with van der Waals surface area (Å²) in [5, 5.41) is 12.6. The lowest BCUT2D eigenvalue weighted by Gasteiger charge is -2.25. The molecule has 2 unspecified atom stereocenters. The van der Waals surface area contributed by atoms with Gasteiger partial charge in [-0.1, -0.05) is 25.1 Å². The lowest BCUT2D eigenvalue weighted by atomic mass is 10.0. The van der Waals surface area contributed by atoms with Gasteiger partial charge in [0, 0.05) is 30.8 Å². The highest BCUT2D eigenvalue weighted by Crippen LogP contribution is 2.25. The second kappa shape index (κ2) is 8.91. The first-order valence-corrected chi connectivity index (χ1v) is 7.05. The van der Waals surface area contributed by atoms with E-state index in [2.05, 4.69) is 12.2 Å². The van der Waals surface area contributed by atoms with E-state index in [-0.39, 0.29) is 18.7 Å². The van der Waals surface area contributed by atoms with Crippen LogP contribution in [0.25, 0.3) is 0 Å². The SMILES string of the molecule is CCOc1ccccc1C(CN)NC(CC)CCO. The lowest BCUT2D eigenvalue weighted by molar-refractivity contribution is 0.254. The fraction of sp³-hybridized carbons (Fsp3) is 0.600. The molecule has 0 aliphatic rings. The van der Waals surface area contributed by atoms with Crippen LogP contribution in [0.1, 0.15) is 38.3 Å². The molecule has 0 spiro atoms. The van der Waals surface area contributed by atoms with Crippen LogP contribution in [0.2, 0.25) is 0 Å². The maximum Gasteiger partial charge on any atom is 0.124 e. The molecule has 1 rings (SSSR count). The van der Waals surface area contributed by atoms with E-state index in [0.29, 0.717) is 13.2 Å². The molecule has 0 heterocycles. The molecule has 0 fully saturated rings. The van der Waals surface area contributed by atoms with E-state index in [4.69, 9.17) is 15.6 Å².